The van der Waals surface area contributed by atoms with E-state index in [-0.39, 0.29) is 11.8 Å². The lowest BCUT2D eigenvalue weighted by Crippen LogP contribution is -2.34. The smallest absolute Gasteiger partial charge is 0.223 e. The summed E-state index contributed by atoms with van der Waals surface area (Å²) in [4.78, 5) is 17.0. The number of rotatable bonds is 5. The SMILES string of the molecule is Cc1nc2ccccc2n1CCCNC(=O)C1CC12CCNCC2. The Morgan fingerprint density at radius 3 is 3.00 bits per heavy atom. The molecule has 5 nitrogen and oxygen atoms in total. The van der Waals surface area contributed by atoms with Crippen molar-refractivity contribution in [2.75, 3.05) is 19.6 Å². The zero-order chi connectivity index (χ0) is 16.6. The maximum atomic E-state index is 12.4. The van der Waals surface area contributed by atoms with Crippen molar-refractivity contribution in [3.8, 4) is 0 Å². The van der Waals surface area contributed by atoms with Crippen LogP contribution >= 0.6 is 0 Å². The van der Waals surface area contributed by atoms with Crippen LogP contribution in [0.2, 0.25) is 0 Å². The van der Waals surface area contributed by atoms with Crippen LogP contribution in [0.3, 0.4) is 0 Å². The van der Waals surface area contributed by atoms with Crippen LogP contribution in [0.1, 0.15) is 31.5 Å². The second-order valence-electron chi connectivity index (χ2n) is 7.31. The topological polar surface area (TPSA) is 59.0 Å². The molecule has 1 aromatic heterocycles. The van der Waals surface area contributed by atoms with E-state index in [0.717, 1.165) is 63.2 Å². The number of aromatic nitrogens is 2. The summed E-state index contributed by atoms with van der Waals surface area (Å²) in [5, 5.41) is 6.54. The molecule has 2 aromatic rings. The number of hydrogen-bond acceptors (Lipinski definition) is 3. The fourth-order valence-electron chi connectivity index (χ4n) is 4.25. The van der Waals surface area contributed by atoms with Gasteiger partial charge in [0.2, 0.25) is 5.91 Å². The monoisotopic (exact) mass is 326 g/mol. The van der Waals surface area contributed by atoms with Crippen LogP contribution in [0, 0.1) is 18.3 Å². The highest BCUT2D eigenvalue weighted by Crippen LogP contribution is 2.58. The van der Waals surface area contributed by atoms with E-state index in [1.54, 1.807) is 0 Å². The molecule has 2 fully saturated rings. The van der Waals surface area contributed by atoms with Crippen molar-refractivity contribution in [1.29, 1.82) is 0 Å². The highest BCUT2D eigenvalue weighted by Gasteiger charge is 2.57. The molecular weight excluding hydrogens is 300 g/mol. The van der Waals surface area contributed by atoms with Crippen molar-refractivity contribution < 1.29 is 4.79 Å². The zero-order valence-corrected chi connectivity index (χ0v) is 14.3. The summed E-state index contributed by atoms with van der Waals surface area (Å²) >= 11 is 0. The van der Waals surface area contributed by atoms with Crippen LogP contribution in [0.15, 0.2) is 24.3 Å². The molecule has 2 heterocycles. The van der Waals surface area contributed by atoms with Gasteiger partial charge in [0.25, 0.3) is 0 Å². The maximum Gasteiger partial charge on any atom is 0.223 e. The Morgan fingerprint density at radius 2 is 2.17 bits per heavy atom. The summed E-state index contributed by atoms with van der Waals surface area (Å²) in [6, 6.07) is 8.23. The predicted molar refractivity (Wildman–Crippen MR) is 94.7 cm³/mol. The molecule has 2 aliphatic rings. The van der Waals surface area contributed by atoms with Crippen molar-refractivity contribution in [2.45, 2.75) is 39.2 Å². The Hall–Kier alpha value is -1.88. The second-order valence-corrected chi connectivity index (χ2v) is 7.31. The van der Waals surface area contributed by atoms with Gasteiger partial charge >= 0.3 is 0 Å². The number of nitrogens with zero attached hydrogens (tertiary/aromatic N) is 2. The standard InChI is InChI=1S/C19H26N4O/c1-14-22-16-5-2-3-6-17(16)23(14)12-4-9-21-18(24)15-13-19(15)7-10-20-11-8-19/h2-3,5-6,15,20H,4,7-13H2,1H3,(H,21,24). The Balaban J connectivity index is 1.27. The molecule has 1 saturated heterocycles. The van der Waals surface area contributed by atoms with E-state index in [1.807, 2.05) is 25.1 Å². The van der Waals surface area contributed by atoms with E-state index >= 15 is 0 Å². The molecule has 1 aliphatic heterocycles. The van der Waals surface area contributed by atoms with Crippen molar-refractivity contribution in [2.24, 2.45) is 11.3 Å². The Bertz CT molecular complexity index is 745. The first-order valence-corrected chi connectivity index (χ1v) is 9.10. The van der Waals surface area contributed by atoms with Crippen molar-refractivity contribution >= 4 is 16.9 Å². The quantitative estimate of drug-likeness (QED) is 0.829. The molecule has 2 N–H and O–H groups in total. The number of fused-ring (bicyclic) bond motifs is 1. The summed E-state index contributed by atoms with van der Waals surface area (Å²) in [5.74, 6) is 1.57. The van der Waals surface area contributed by atoms with Gasteiger partial charge in [-0.1, -0.05) is 12.1 Å². The highest BCUT2D eigenvalue weighted by molar-refractivity contribution is 5.82. The van der Waals surface area contributed by atoms with Crippen molar-refractivity contribution in [1.82, 2.24) is 20.2 Å². The van der Waals surface area contributed by atoms with Crippen molar-refractivity contribution in [3.63, 3.8) is 0 Å². The summed E-state index contributed by atoms with van der Waals surface area (Å²) < 4.78 is 2.24. The van der Waals surface area contributed by atoms with E-state index < -0.39 is 0 Å². The molecule has 0 bridgehead atoms. The molecule has 1 saturated carbocycles. The lowest BCUT2D eigenvalue weighted by atomic mass is 9.92. The first-order chi connectivity index (χ1) is 11.7. The lowest BCUT2D eigenvalue weighted by Gasteiger charge is -2.23. The number of nitrogens with one attached hydrogen (secondary N) is 2. The number of para-hydroxylation sites is 2. The van der Waals surface area contributed by atoms with Crippen LogP contribution in [0.5, 0.6) is 0 Å². The molecule has 1 spiro atoms. The molecular formula is C19H26N4O. The third-order valence-electron chi connectivity index (χ3n) is 5.81. The fraction of sp³-hybridized carbons (Fsp3) is 0.579. The van der Waals surface area contributed by atoms with Gasteiger partial charge in [0, 0.05) is 19.0 Å². The number of amides is 1. The van der Waals surface area contributed by atoms with E-state index in [9.17, 15) is 4.79 Å². The normalized spacial score (nSPS) is 22.0. The minimum absolute atomic E-state index is 0.260. The average molecular weight is 326 g/mol. The van der Waals surface area contributed by atoms with Crippen LogP contribution in [0.25, 0.3) is 11.0 Å². The number of hydrogen-bond donors (Lipinski definition) is 2. The summed E-state index contributed by atoms with van der Waals surface area (Å²) in [7, 11) is 0. The van der Waals surface area contributed by atoms with Crippen molar-refractivity contribution in [3.05, 3.63) is 30.1 Å². The summed E-state index contributed by atoms with van der Waals surface area (Å²) in [5.41, 5.74) is 2.55. The second kappa shape index (κ2) is 6.20. The number of imidazole rings is 1. The van der Waals surface area contributed by atoms with Gasteiger partial charge in [0.1, 0.15) is 5.82 Å². The molecule has 0 radical (unpaired) electrons. The molecule has 1 unspecified atom stereocenters. The fourth-order valence-corrected chi connectivity index (χ4v) is 4.25. The zero-order valence-electron chi connectivity index (χ0n) is 14.3. The first kappa shape index (κ1) is 15.6. The minimum Gasteiger partial charge on any atom is -0.356 e. The van der Waals surface area contributed by atoms with Gasteiger partial charge in [0.05, 0.1) is 11.0 Å². The molecule has 1 amide bonds. The van der Waals surface area contributed by atoms with Gasteiger partial charge in [-0.2, -0.15) is 0 Å². The minimum atomic E-state index is 0.260. The average Bonchev–Trinajstić information content (AvgIpc) is 3.18. The predicted octanol–water partition coefficient (Wildman–Crippen LogP) is 2.24. The van der Waals surface area contributed by atoms with Gasteiger partial charge in [0.15, 0.2) is 0 Å². The maximum absolute atomic E-state index is 12.4. The summed E-state index contributed by atoms with van der Waals surface area (Å²) in [6.45, 7) is 5.82. The molecule has 1 atom stereocenters. The lowest BCUT2D eigenvalue weighted by molar-refractivity contribution is -0.123. The number of carbonyl (C=O) groups excluding carboxylic acids is 1. The largest absolute Gasteiger partial charge is 0.356 e. The Labute approximate surface area is 142 Å². The van der Waals surface area contributed by atoms with E-state index in [4.69, 9.17) is 0 Å². The van der Waals surface area contributed by atoms with Gasteiger partial charge < -0.3 is 15.2 Å². The molecule has 24 heavy (non-hydrogen) atoms. The third kappa shape index (κ3) is 2.81. The third-order valence-corrected chi connectivity index (χ3v) is 5.81. The van der Waals surface area contributed by atoms with E-state index in [1.165, 1.54) is 5.52 Å². The molecule has 4 rings (SSSR count). The molecule has 128 valence electrons. The van der Waals surface area contributed by atoms with Gasteiger partial charge in [-0.15, -0.1) is 0 Å². The summed E-state index contributed by atoms with van der Waals surface area (Å²) in [6.07, 6.45) is 4.34. The number of benzene rings is 1. The Morgan fingerprint density at radius 1 is 1.38 bits per heavy atom. The molecule has 5 heteroatoms. The molecule has 1 aliphatic carbocycles. The van der Waals surface area contributed by atoms with E-state index in [0.29, 0.717) is 5.41 Å². The van der Waals surface area contributed by atoms with Crippen LogP contribution in [-0.4, -0.2) is 35.1 Å². The number of carbonyl (C=O) groups is 1. The number of aryl methyl sites for hydroxylation is 2. The molecule has 1 aromatic carbocycles. The first-order valence-electron chi connectivity index (χ1n) is 9.10. The Kier molecular flexibility index (Phi) is 4.04. The van der Waals surface area contributed by atoms with E-state index in [2.05, 4.69) is 26.3 Å². The van der Waals surface area contributed by atoms with Crippen LogP contribution in [0.4, 0.5) is 0 Å². The van der Waals surface area contributed by atoms with Crippen LogP contribution < -0.4 is 10.6 Å². The highest BCUT2D eigenvalue weighted by atomic mass is 16.2. The van der Waals surface area contributed by atoms with Gasteiger partial charge in [-0.3, -0.25) is 4.79 Å². The number of piperidine rings is 1. The van der Waals surface area contributed by atoms with Gasteiger partial charge in [-0.25, -0.2) is 4.98 Å². The van der Waals surface area contributed by atoms with Gasteiger partial charge in [-0.05, 0) is 63.2 Å². The van der Waals surface area contributed by atoms with Crippen LogP contribution in [-0.2, 0) is 11.3 Å².